The van der Waals surface area contributed by atoms with Gasteiger partial charge in [0.15, 0.2) is 0 Å². The largest absolute Gasteiger partial charge is 0.493 e. The quantitative estimate of drug-likeness (QED) is 0.0170. The lowest BCUT2D eigenvalue weighted by molar-refractivity contribution is -0.107. The Bertz CT molecular complexity index is 3030. The summed E-state index contributed by atoms with van der Waals surface area (Å²) in [6, 6.07) is 29.4. The third-order valence-corrected chi connectivity index (χ3v) is 21.5. The predicted octanol–water partition coefficient (Wildman–Crippen LogP) is 20.4. The Labute approximate surface area is 473 Å². The highest BCUT2D eigenvalue weighted by Crippen LogP contribution is 2.52. The van der Waals surface area contributed by atoms with Crippen molar-refractivity contribution >= 4 is 83.9 Å². The number of carbonyl (C=O) groups excluding carboxylic acids is 1. The summed E-state index contributed by atoms with van der Waals surface area (Å²) in [7, 11) is -3.89. The molecule has 15 heteroatoms. The second-order valence-corrected chi connectivity index (χ2v) is 26.6. The summed E-state index contributed by atoms with van der Waals surface area (Å²) in [5, 5.41) is 0. The lowest BCUT2D eigenvalue weighted by Gasteiger charge is -2.17. The molecule has 7 rings (SSSR count). The van der Waals surface area contributed by atoms with Gasteiger partial charge in [-0.1, -0.05) is 103 Å². The highest BCUT2D eigenvalue weighted by atomic mass is 32.1. The molecule has 0 amide bonds. The third kappa shape index (κ3) is 16.5. The SMILES string of the molecule is CCCCCCCCC#Cc1ccc(-c2ccc(-c3cc(COP=O)c(-c4ccc(-c5ccc(-c6cc(OCCCCCC)c(-c7ccc(P(=O)(OCC)OCC)s7)cc6OCCCCCC)s5)s4)cc3CC=O)s2)s1. The maximum atomic E-state index is 13.9. The van der Waals surface area contributed by atoms with Crippen molar-refractivity contribution in [2.24, 2.45) is 0 Å². The minimum Gasteiger partial charge on any atom is -0.493 e. The average Bonchev–Trinajstić information content (AvgIpc) is 4.31. The van der Waals surface area contributed by atoms with Crippen LogP contribution in [0, 0.1) is 11.8 Å². The average molecular weight is 1160 g/mol. The van der Waals surface area contributed by atoms with E-state index < -0.39 is 16.3 Å². The van der Waals surface area contributed by atoms with E-state index in [1.807, 2.05) is 26.0 Å². The number of hydrogen-bond donors (Lipinski definition) is 0. The molecule has 0 unspecified atom stereocenters. The molecular formula is C61H72O8P2S5. The van der Waals surface area contributed by atoms with Gasteiger partial charge in [0, 0.05) is 63.0 Å². The van der Waals surface area contributed by atoms with Gasteiger partial charge in [0.25, 0.3) is 0 Å². The van der Waals surface area contributed by atoms with Gasteiger partial charge in [0.05, 0.1) is 37.9 Å². The monoisotopic (exact) mass is 1150 g/mol. The number of thiophene rings is 5. The van der Waals surface area contributed by atoms with Crippen molar-refractivity contribution in [3.8, 4) is 84.6 Å². The first-order chi connectivity index (χ1) is 37.3. The zero-order valence-corrected chi connectivity index (χ0v) is 50.6. The molecule has 0 radical (unpaired) electrons. The number of rotatable bonds is 34. The van der Waals surface area contributed by atoms with Crippen molar-refractivity contribution in [1.29, 1.82) is 0 Å². The van der Waals surface area contributed by atoms with Crippen molar-refractivity contribution < 1.29 is 37.0 Å². The Morgan fingerprint density at radius 2 is 0.974 bits per heavy atom. The van der Waals surface area contributed by atoms with E-state index in [1.165, 1.54) is 48.3 Å². The molecule has 5 aromatic heterocycles. The maximum Gasteiger partial charge on any atom is 0.371 e. The molecule has 7 aromatic rings. The highest BCUT2D eigenvalue weighted by Gasteiger charge is 2.30. The van der Waals surface area contributed by atoms with Crippen LogP contribution in [-0.2, 0) is 40.5 Å². The normalized spacial score (nSPS) is 11.6. The molecule has 0 fully saturated rings. The molecule has 0 aliphatic carbocycles. The molecule has 0 aliphatic rings. The van der Waals surface area contributed by atoms with Gasteiger partial charge < -0.3 is 23.3 Å². The zero-order chi connectivity index (χ0) is 53.5. The molecular weight excluding hydrogens is 1080 g/mol. The molecule has 0 saturated carbocycles. The molecule has 5 heterocycles. The minimum atomic E-state index is -3.49. The molecule has 2 aromatic carbocycles. The van der Waals surface area contributed by atoms with Gasteiger partial charge in [-0.05, 0) is 140 Å². The van der Waals surface area contributed by atoms with Gasteiger partial charge >= 0.3 is 16.3 Å². The van der Waals surface area contributed by atoms with Crippen molar-refractivity contribution in [2.75, 3.05) is 26.4 Å². The fourth-order valence-electron chi connectivity index (χ4n) is 8.88. The van der Waals surface area contributed by atoms with Gasteiger partial charge in [-0.2, -0.15) is 0 Å². The Hall–Kier alpha value is -4.02. The van der Waals surface area contributed by atoms with E-state index in [0.29, 0.717) is 17.8 Å². The number of hydrogen-bond acceptors (Lipinski definition) is 13. The van der Waals surface area contributed by atoms with Crippen molar-refractivity contribution in [1.82, 2.24) is 0 Å². The summed E-state index contributed by atoms with van der Waals surface area (Å²) in [6.45, 7) is 12.2. The Morgan fingerprint density at radius 1 is 0.513 bits per heavy atom. The van der Waals surface area contributed by atoms with E-state index in [1.54, 1.807) is 45.3 Å². The van der Waals surface area contributed by atoms with Crippen LogP contribution in [-0.4, -0.2) is 32.7 Å². The molecule has 8 nitrogen and oxygen atoms in total. The number of ether oxygens (including phenoxy) is 2. The van der Waals surface area contributed by atoms with E-state index in [-0.39, 0.29) is 26.2 Å². The van der Waals surface area contributed by atoms with E-state index in [4.69, 9.17) is 23.0 Å². The Balaban J connectivity index is 1.18. The summed E-state index contributed by atoms with van der Waals surface area (Å²) in [6.07, 6.45) is 18.4. The van der Waals surface area contributed by atoms with Gasteiger partial charge in [-0.3, -0.25) is 9.09 Å². The van der Waals surface area contributed by atoms with Crippen molar-refractivity contribution in [3.63, 3.8) is 0 Å². The second-order valence-electron chi connectivity index (χ2n) is 18.5. The minimum absolute atomic E-state index is 0.139. The lowest BCUT2D eigenvalue weighted by atomic mass is 9.95. The molecule has 404 valence electrons. The van der Waals surface area contributed by atoms with Crippen LogP contribution in [0.2, 0.25) is 0 Å². The van der Waals surface area contributed by atoms with Gasteiger partial charge in [-0.25, -0.2) is 4.57 Å². The van der Waals surface area contributed by atoms with Crippen LogP contribution in [0.25, 0.3) is 61.3 Å². The standard InChI is InChI=1S/C61H72O8P2S5/c1-6-11-14-17-18-19-20-21-24-46-25-26-57(72-46)58-30-27-53(73-58)47-40-45(43-67-70-63)48(39-44(47)35-36-62)54-28-31-59(74-54)60-32-29-55(75-60)49-41-52(66-38-23-16-13-8-3)50(42-51(49)65-37-22-15-12-7-2)56-33-34-61(76-56)71(64,68-9-4)69-10-5/h25-34,36,39-42H,6-20,22-23,35,37-38,43H2,1-5H3. The van der Waals surface area contributed by atoms with Gasteiger partial charge in [0.2, 0.25) is 0 Å². The summed E-state index contributed by atoms with van der Waals surface area (Å²) in [5.41, 5.74) is 5.57. The fraction of sp³-hybridized carbons (Fsp3) is 0.426. The molecule has 76 heavy (non-hydrogen) atoms. The van der Waals surface area contributed by atoms with Crippen LogP contribution in [0.5, 0.6) is 11.5 Å². The van der Waals surface area contributed by atoms with E-state index in [0.717, 1.165) is 154 Å². The van der Waals surface area contributed by atoms with E-state index >= 15 is 0 Å². The first-order valence-corrected chi connectivity index (χ1v) is 33.5. The topological polar surface area (TPSA) is 97.4 Å². The maximum absolute atomic E-state index is 13.9. The van der Waals surface area contributed by atoms with Crippen molar-refractivity contribution in [2.45, 2.75) is 144 Å². The third-order valence-electron chi connectivity index (χ3n) is 12.8. The van der Waals surface area contributed by atoms with Crippen LogP contribution >= 0.6 is 73.0 Å². The molecule has 0 bridgehead atoms. The van der Waals surface area contributed by atoms with Crippen LogP contribution in [0.1, 0.15) is 147 Å². The highest BCUT2D eigenvalue weighted by molar-refractivity contribution is 7.69. The number of carbonyl (C=O) groups is 1. The van der Waals surface area contributed by atoms with E-state index in [9.17, 15) is 13.9 Å². The van der Waals surface area contributed by atoms with Crippen molar-refractivity contribution in [3.05, 3.63) is 101 Å². The summed E-state index contributed by atoms with van der Waals surface area (Å²) >= 11 is 8.20. The summed E-state index contributed by atoms with van der Waals surface area (Å²) < 4.78 is 56.6. The molecule has 0 saturated heterocycles. The van der Waals surface area contributed by atoms with Crippen LogP contribution in [0.15, 0.2) is 84.9 Å². The molecule has 0 N–H and O–H groups in total. The number of unbranched alkanes of at least 4 members (excludes halogenated alkanes) is 12. The van der Waals surface area contributed by atoms with E-state index in [2.05, 4.69) is 105 Å². The van der Waals surface area contributed by atoms with Crippen LogP contribution in [0.3, 0.4) is 0 Å². The number of benzene rings is 2. The van der Waals surface area contributed by atoms with Gasteiger partial charge in [0.1, 0.15) is 22.4 Å². The zero-order valence-electron chi connectivity index (χ0n) is 44.7. The molecule has 0 atom stereocenters. The molecule has 0 spiro atoms. The Morgan fingerprint density at radius 3 is 1.53 bits per heavy atom. The molecule has 0 aliphatic heterocycles. The predicted molar refractivity (Wildman–Crippen MR) is 325 cm³/mol. The summed E-state index contributed by atoms with van der Waals surface area (Å²) in [5.74, 6) is 8.29. The lowest BCUT2D eigenvalue weighted by Crippen LogP contribution is -2.06. The smallest absolute Gasteiger partial charge is 0.371 e. The first kappa shape index (κ1) is 59.6. The number of aldehydes is 1. The first-order valence-electron chi connectivity index (χ1n) is 27.1. The van der Waals surface area contributed by atoms with Crippen LogP contribution in [0.4, 0.5) is 0 Å². The Kier molecular flexibility index (Phi) is 24.7. The van der Waals surface area contributed by atoms with Crippen LogP contribution < -0.4 is 14.1 Å². The second kappa shape index (κ2) is 31.5. The van der Waals surface area contributed by atoms with Gasteiger partial charge in [-0.15, -0.1) is 56.7 Å². The fourth-order valence-corrected chi connectivity index (χ4v) is 16.4. The summed E-state index contributed by atoms with van der Waals surface area (Å²) in [4.78, 5) is 21.9.